The SMILES string of the molecule is CC(C)(C)[Si](C)(C)OC1CCC(C(O)c2nccs2)CC1. The van der Waals surface area contributed by atoms with E-state index in [2.05, 4.69) is 38.8 Å². The molecule has 0 spiro atoms. The summed E-state index contributed by atoms with van der Waals surface area (Å²) in [5.41, 5.74) is 0. The zero-order valence-corrected chi connectivity index (χ0v) is 15.7. The highest BCUT2D eigenvalue weighted by Gasteiger charge is 2.40. The highest BCUT2D eigenvalue weighted by Crippen LogP contribution is 2.41. The van der Waals surface area contributed by atoms with Crippen LogP contribution in [0.25, 0.3) is 0 Å². The highest BCUT2D eigenvalue weighted by molar-refractivity contribution is 7.09. The van der Waals surface area contributed by atoms with Crippen molar-refractivity contribution in [2.24, 2.45) is 5.92 Å². The van der Waals surface area contributed by atoms with Gasteiger partial charge in [-0.25, -0.2) is 4.98 Å². The quantitative estimate of drug-likeness (QED) is 0.811. The molecule has 1 aliphatic rings. The molecule has 0 amide bonds. The molecule has 120 valence electrons. The van der Waals surface area contributed by atoms with Gasteiger partial charge in [-0.3, -0.25) is 0 Å². The topological polar surface area (TPSA) is 42.4 Å². The second-order valence-electron chi connectivity index (χ2n) is 7.73. The largest absolute Gasteiger partial charge is 0.414 e. The Morgan fingerprint density at radius 2 is 1.90 bits per heavy atom. The molecule has 0 bridgehead atoms. The Morgan fingerprint density at radius 3 is 2.38 bits per heavy atom. The van der Waals surface area contributed by atoms with Gasteiger partial charge in [-0.2, -0.15) is 0 Å². The minimum Gasteiger partial charge on any atom is -0.414 e. The zero-order chi connectivity index (χ0) is 15.7. The number of rotatable bonds is 4. The molecule has 1 aliphatic carbocycles. The molecule has 1 atom stereocenters. The summed E-state index contributed by atoms with van der Waals surface area (Å²) >= 11 is 1.55. The molecule has 0 saturated heterocycles. The second kappa shape index (κ2) is 6.48. The van der Waals surface area contributed by atoms with E-state index in [1.165, 1.54) is 0 Å². The summed E-state index contributed by atoms with van der Waals surface area (Å²) in [6, 6.07) is 0. The lowest BCUT2D eigenvalue weighted by Gasteiger charge is -2.41. The number of nitrogens with zero attached hydrogens (tertiary/aromatic N) is 1. The van der Waals surface area contributed by atoms with Gasteiger partial charge in [-0.15, -0.1) is 11.3 Å². The second-order valence-corrected chi connectivity index (χ2v) is 13.4. The first-order valence-electron chi connectivity index (χ1n) is 7.96. The minimum absolute atomic E-state index is 0.268. The molecule has 0 aromatic carbocycles. The monoisotopic (exact) mass is 327 g/mol. The Labute approximate surface area is 133 Å². The predicted molar refractivity (Wildman–Crippen MR) is 91.1 cm³/mol. The first-order valence-corrected chi connectivity index (χ1v) is 11.7. The van der Waals surface area contributed by atoms with Gasteiger partial charge in [0.2, 0.25) is 0 Å². The van der Waals surface area contributed by atoms with Crippen LogP contribution in [0.3, 0.4) is 0 Å². The molecule has 1 saturated carbocycles. The number of hydrogen-bond acceptors (Lipinski definition) is 4. The maximum Gasteiger partial charge on any atom is 0.192 e. The molecule has 1 N–H and O–H groups in total. The van der Waals surface area contributed by atoms with Crippen molar-refractivity contribution in [3.05, 3.63) is 16.6 Å². The van der Waals surface area contributed by atoms with Crippen LogP contribution in [0.4, 0.5) is 0 Å². The van der Waals surface area contributed by atoms with Crippen LogP contribution in [0.1, 0.15) is 57.6 Å². The Kier molecular flexibility index (Phi) is 5.29. The van der Waals surface area contributed by atoms with Gasteiger partial charge in [0.05, 0.1) is 0 Å². The molecule has 5 heteroatoms. The lowest BCUT2D eigenvalue weighted by molar-refractivity contribution is 0.0453. The third-order valence-electron chi connectivity index (χ3n) is 5.14. The van der Waals surface area contributed by atoms with Gasteiger partial charge in [-0.1, -0.05) is 20.8 Å². The Balaban J connectivity index is 1.86. The van der Waals surface area contributed by atoms with Gasteiger partial charge in [-0.05, 0) is 49.7 Å². The van der Waals surface area contributed by atoms with Gasteiger partial charge in [0, 0.05) is 17.7 Å². The number of aliphatic hydroxyl groups is 1. The van der Waals surface area contributed by atoms with E-state index in [0.29, 0.717) is 12.0 Å². The van der Waals surface area contributed by atoms with Crippen molar-refractivity contribution >= 4 is 19.7 Å². The van der Waals surface area contributed by atoms with Crippen molar-refractivity contribution in [3.8, 4) is 0 Å². The van der Waals surface area contributed by atoms with Crippen LogP contribution in [0.15, 0.2) is 11.6 Å². The van der Waals surface area contributed by atoms with Gasteiger partial charge in [0.1, 0.15) is 11.1 Å². The van der Waals surface area contributed by atoms with E-state index in [9.17, 15) is 5.11 Å². The number of hydrogen-bond donors (Lipinski definition) is 1. The summed E-state index contributed by atoms with van der Waals surface area (Å²) in [4.78, 5) is 4.25. The van der Waals surface area contributed by atoms with E-state index in [-0.39, 0.29) is 11.1 Å². The maximum atomic E-state index is 10.4. The molecule has 1 fully saturated rings. The van der Waals surface area contributed by atoms with Crippen molar-refractivity contribution in [2.75, 3.05) is 0 Å². The van der Waals surface area contributed by atoms with E-state index in [4.69, 9.17) is 4.43 Å². The van der Waals surface area contributed by atoms with Crippen molar-refractivity contribution in [2.45, 2.75) is 76.8 Å². The highest BCUT2D eigenvalue weighted by atomic mass is 32.1. The molecule has 0 aliphatic heterocycles. The van der Waals surface area contributed by atoms with Crippen molar-refractivity contribution in [1.82, 2.24) is 4.98 Å². The number of thiazole rings is 1. The fourth-order valence-corrected chi connectivity index (χ4v) is 4.84. The van der Waals surface area contributed by atoms with E-state index >= 15 is 0 Å². The molecule has 0 radical (unpaired) electrons. The molecule has 1 aromatic rings. The van der Waals surface area contributed by atoms with Gasteiger partial charge >= 0.3 is 0 Å². The molecule has 2 rings (SSSR count). The lowest BCUT2D eigenvalue weighted by atomic mass is 9.84. The summed E-state index contributed by atoms with van der Waals surface area (Å²) < 4.78 is 6.51. The molecule has 1 unspecified atom stereocenters. The summed E-state index contributed by atoms with van der Waals surface area (Å²) in [6.07, 6.45) is 5.98. The van der Waals surface area contributed by atoms with Gasteiger partial charge < -0.3 is 9.53 Å². The first-order chi connectivity index (χ1) is 9.71. The molecule has 1 heterocycles. The number of aliphatic hydroxyl groups excluding tert-OH is 1. The Morgan fingerprint density at radius 1 is 1.29 bits per heavy atom. The van der Waals surface area contributed by atoms with E-state index in [1.54, 1.807) is 17.5 Å². The molecule has 21 heavy (non-hydrogen) atoms. The summed E-state index contributed by atoms with van der Waals surface area (Å²) in [5, 5.41) is 13.5. The third kappa shape index (κ3) is 4.15. The molecular formula is C16H29NO2SSi. The molecule has 1 aromatic heterocycles. The first kappa shape index (κ1) is 17.1. The third-order valence-corrected chi connectivity index (χ3v) is 10.5. The lowest BCUT2D eigenvalue weighted by Crippen LogP contribution is -2.44. The van der Waals surface area contributed by atoms with E-state index in [0.717, 1.165) is 30.7 Å². The summed E-state index contributed by atoms with van der Waals surface area (Å²) in [7, 11) is -1.67. The Hall–Kier alpha value is -0.233. The zero-order valence-electron chi connectivity index (χ0n) is 13.9. The van der Waals surface area contributed by atoms with Gasteiger partial charge in [0.15, 0.2) is 8.32 Å². The van der Waals surface area contributed by atoms with Crippen LogP contribution >= 0.6 is 11.3 Å². The summed E-state index contributed by atoms with van der Waals surface area (Å²) in [5.74, 6) is 0.343. The van der Waals surface area contributed by atoms with E-state index < -0.39 is 8.32 Å². The van der Waals surface area contributed by atoms with Crippen molar-refractivity contribution in [3.63, 3.8) is 0 Å². The van der Waals surface area contributed by atoms with Crippen LogP contribution in [-0.4, -0.2) is 24.5 Å². The molecule has 3 nitrogen and oxygen atoms in total. The minimum atomic E-state index is -1.67. The fourth-order valence-electron chi connectivity index (χ4n) is 2.70. The van der Waals surface area contributed by atoms with Gasteiger partial charge in [0.25, 0.3) is 0 Å². The molecular weight excluding hydrogens is 298 g/mol. The normalized spacial score (nSPS) is 25.8. The predicted octanol–water partition coefficient (Wildman–Crippen LogP) is 4.76. The van der Waals surface area contributed by atoms with Crippen LogP contribution in [0.2, 0.25) is 18.1 Å². The van der Waals surface area contributed by atoms with Crippen LogP contribution in [0.5, 0.6) is 0 Å². The summed E-state index contributed by atoms with van der Waals surface area (Å²) in [6.45, 7) is 11.5. The maximum absolute atomic E-state index is 10.4. The van der Waals surface area contributed by atoms with Crippen LogP contribution < -0.4 is 0 Å². The number of aromatic nitrogens is 1. The van der Waals surface area contributed by atoms with Crippen LogP contribution in [0, 0.1) is 5.92 Å². The van der Waals surface area contributed by atoms with Crippen molar-refractivity contribution in [1.29, 1.82) is 0 Å². The van der Waals surface area contributed by atoms with E-state index in [1.807, 2.05) is 5.38 Å². The standard InChI is InChI=1S/C16H29NO2SSi/c1-16(2,3)21(4,5)19-13-8-6-12(7-9-13)14(18)15-17-10-11-20-15/h10-14,18H,6-9H2,1-5H3. The smallest absolute Gasteiger partial charge is 0.192 e. The average molecular weight is 328 g/mol. The van der Waals surface area contributed by atoms with Crippen molar-refractivity contribution < 1.29 is 9.53 Å². The Bertz CT molecular complexity index is 434. The van der Waals surface area contributed by atoms with Crippen LogP contribution in [-0.2, 0) is 4.43 Å². The average Bonchev–Trinajstić information content (AvgIpc) is 2.91. The fraction of sp³-hybridized carbons (Fsp3) is 0.812.